The third-order valence-electron chi connectivity index (χ3n) is 3.98. The minimum Gasteiger partial charge on any atom is -0.494 e. The molecule has 1 aromatic heterocycles. The van der Waals surface area contributed by atoms with Crippen LogP contribution in [0.15, 0.2) is 53.3 Å². The number of nitrogens with one attached hydrogen (secondary N) is 1. The highest BCUT2D eigenvalue weighted by Gasteiger charge is 2.06. The molecule has 0 aliphatic rings. The van der Waals surface area contributed by atoms with Crippen LogP contribution in [0.1, 0.15) is 31.7 Å². The van der Waals surface area contributed by atoms with Crippen LogP contribution in [0.4, 0.5) is 0 Å². The van der Waals surface area contributed by atoms with E-state index in [0.29, 0.717) is 34.3 Å². The average Bonchev–Trinajstić information content (AvgIpc) is 2.63. The molecule has 2 aromatic carbocycles. The number of nitrogens with zero attached hydrogens (tertiary/aromatic N) is 1. The largest absolute Gasteiger partial charge is 0.494 e. The molecule has 0 aliphatic carbocycles. The first-order chi connectivity index (χ1) is 12.5. The monoisotopic (exact) mass is 368 g/mol. The lowest BCUT2D eigenvalue weighted by Gasteiger charge is -2.08. The Morgan fingerprint density at radius 3 is 2.65 bits per heavy atom. The lowest BCUT2D eigenvalue weighted by Crippen LogP contribution is -2.10. The van der Waals surface area contributed by atoms with Gasteiger partial charge in [0.1, 0.15) is 5.75 Å². The molecule has 0 spiro atoms. The van der Waals surface area contributed by atoms with Crippen LogP contribution in [0, 0.1) is 5.92 Å². The summed E-state index contributed by atoms with van der Waals surface area (Å²) >= 11 is 6.37. The normalized spacial score (nSPS) is 11.9. The van der Waals surface area contributed by atoms with E-state index < -0.39 is 0 Å². The topological polar surface area (TPSA) is 55.0 Å². The van der Waals surface area contributed by atoms with E-state index in [1.807, 2.05) is 30.3 Å². The van der Waals surface area contributed by atoms with Gasteiger partial charge in [-0.2, -0.15) is 0 Å². The molecule has 134 valence electrons. The molecular weight excluding hydrogens is 348 g/mol. The summed E-state index contributed by atoms with van der Waals surface area (Å²) in [4.78, 5) is 19.3. The summed E-state index contributed by atoms with van der Waals surface area (Å²) in [5.74, 6) is 1.80. The van der Waals surface area contributed by atoms with Gasteiger partial charge in [-0.15, -0.1) is 0 Å². The summed E-state index contributed by atoms with van der Waals surface area (Å²) in [5.41, 5.74) is 1.32. The Morgan fingerprint density at radius 1 is 1.19 bits per heavy atom. The van der Waals surface area contributed by atoms with Gasteiger partial charge in [0.2, 0.25) is 0 Å². The van der Waals surface area contributed by atoms with Gasteiger partial charge in [0.15, 0.2) is 5.82 Å². The number of halogens is 1. The van der Waals surface area contributed by atoms with Crippen LogP contribution >= 0.6 is 11.6 Å². The van der Waals surface area contributed by atoms with Crippen LogP contribution in [0.25, 0.3) is 22.0 Å². The summed E-state index contributed by atoms with van der Waals surface area (Å²) in [6, 6.07) is 14.8. The van der Waals surface area contributed by atoms with E-state index in [4.69, 9.17) is 16.3 Å². The number of para-hydroxylation sites is 1. The minimum absolute atomic E-state index is 0.203. The maximum absolute atomic E-state index is 12.2. The maximum atomic E-state index is 12.2. The molecular formula is C21H21ClN2O2. The van der Waals surface area contributed by atoms with Crippen LogP contribution in [-0.4, -0.2) is 16.6 Å². The molecule has 0 fully saturated rings. The molecule has 5 heteroatoms. The van der Waals surface area contributed by atoms with Crippen LogP contribution in [-0.2, 0) is 0 Å². The predicted octanol–water partition coefficient (Wildman–Crippen LogP) is 5.08. The van der Waals surface area contributed by atoms with Crippen LogP contribution in [0.3, 0.4) is 0 Å². The van der Waals surface area contributed by atoms with Crippen molar-refractivity contribution >= 4 is 33.6 Å². The van der Waals surface area contributed by atoms with Gasteiger partial charge >= 0.3 is 0 Å². The number of hydrogen-bond donors (Lipinski definition) is 1. The second kappa shape index (κ2) is 8.19. The van der Waals surface area contributed by atoms with Crippen LogP contribution in [0.2, 0.25) is 0 Å². The second-order valence-electron chi connectivity index (χ2n) is 6.52. The molecule has 3 aromatic rings. The Morgan fingerprint density at radius 2 is 1.92 bits per heavy atom. The summed E-state index contributed by atoms with van der Waals surface area (Å²) in [7, 11) is 0. The number of aromatic nitrogens is 2. The Kier molecular flexibility index (Phi) is 5.74. The van der Waals surface area contributed by atoms with Crippen molar-refractivity contribution in [3.05, 3.63) is 70.3 Å². The number of fused-ring (bicyclic) bond motifs is 1. The van der Waals surface area contributed by atoms with E-state index in [-0.39, 0.29) is 5.56 Å². The highest BCUT2D eigenvalue weighted by atomic mass is 35.5. The Balaban J connectivity index is 1.78. The zero-order chi connectivity index (χ0) is 18.5. The molecule has 26 heavy (non-hydrogen) atoms. The number of ether oxygens (including phenoxy) is 1. The molecule has 3 rings (SSSR count). The van der Waals surface area contributed by atoms with E-state index in [2.05, 4.69) is 23.8 Å². The van der Waals surface area contributed by atoms with Gasteiger partial charge < -0.3 is 9.72 Å². The fraction of sp³-hybridized carbons (Fsp3) is 0.238. The average molecular weight is 369 g/mol. The van der Waals surface area contributed by atoms with Crippen molar-refractivity contribution in [1.29, 1.82) is 0 Å². The van der Waals surface area contributed by atoms with Gasteiger partial charge in [-0.1, -0.05) is 49.7 Å². The fourth-order valence-electron chi connectivity index (χ4n) is 2.49. The quantitative estimate of drug-likeness (QED) is 0.659. The molecule has 0 bridgehead atoms. The number of H-pyrrole nitrogens is 1. The Bertz CT molecular complexity index is 975. The highest BCUT2D eigenvalue weighted by Crippen LogP contribution is 2.21. The number of hydrogen-bond acceptors (Lipinski definition) is 3. The van der Waals surface area contributed by atoms with Gasteiger partial charge in [-0.05, 0) is 48.2 Å². The molecule has 4 nitrogen and oxygen atoms in total. The lowest BCUT2D eigenvalue weighted by atomic mass is 10.1. The van der Waals surface area contributed by atoms with E-state index in [0.717, 1.165) is 17.7 Å². The Labute approximate surface area is 157 Å². The van der Waals surface area contributed by atoms with Crippen molar-refractivity contribution in [2.45, 2.75) is 20.3 Å². The molecule has 0 aliphatic heterocycles. The maximum Gasteiger partial charge on any atom is 0.259 e. The van der Waals surface area contributed by atoms with Crippen LogP contribution in [0.5, 0.6) is 5.75 Å². The molecule has 1 heterocycles. The first-order valence-corrected chi connectivity index (χ1v) is 9.00. The summed E-state index contributed by atoms with van der Waals surface area (Å²) < 4.78 is 5.71. The van der Waals surface area contributed by atoms with Crippen molar-refractivity contribution in [1.82, 2.24) is 9.97 Å². The summed E-state index contributed by atoms with van der Waals surface area (Å²) in [6.45, 7) is 5.05. The van der Waals surface area contributed by atoms with Crippen molar-refractivity contribution in [3.63, 3.8) is 0 Å². The predicted molar refractivity (Wildman–Crippen MR) is 107 cm³/mol. The SMILES string of the molecule is CC(C)CCOc1ccc(/C=C(\Cl)c2nc3ccccc3c(=O)[nH]2)cc1. The third-order valence-corrected chi connectivity index (χ3v) is 4.26. The fourth-order valence-corrected chi connectivity index (χ4v) is 2.70. The standard InChI is InChI=1S/C21H21ClN2O2/c1-14(2)11-12-26-16-9-7-15(8-10-16)13-18(22)20-23-19-6-4-3-5-17(19)21(25)24-20/h3-10,13-14H,11-12H2,1-2H3,(H,23,24,25)/b18-13-. The van der Waals surface area contributed by atoms with Crippen molar-refractivity contribution < 1.29 is 4.74 Å². The molecule has 0 saturated carbocycles. The molecule has 0 saturated heterocycles. The second-order valence-corrected chi connectivity index (χ2v) is 6.93. The number of benzene rings is 2. The minimum atomic E-state index is -0.203. The highest BCUT2D eigenvalue weighted by molar-refractivity contribution is 6.50. The number of rotatable bonds is 6. The van der Waals surface area contributed by atoms with Gasteiger partial charge in [0, 0.05) is 0 Å². The molecule has 0 radical (unpaired) electrons. The van der Waals surface area contributed by atoms with E-state index in [9.17, 15) is 4.79 Å². The first-order valence-electron chi connectivity index (χ1n) is 8.62. The van der Waals surface area contributed by atoms with Crippen LogP contribution < -0.4 is 10.3 Å². The molecule has 0 amide bonds. The van der Waals surface area contributed by atoms with Gasteiger partial charge in [-0.25, -0.2) is 4.98 Å². The van der Waals surface area contributed by atoms with Gasteiger partial charge in [0.25, 0.3) is 5.56 Å². The van der Waals surface area contributed by atoms with Crippen molar-refractivity contribution in [2.24, 2.45) is 5.92 Å². The Hall–Kier alpha value is -2.59. The zero-order valence-corrected chi connectivity index (χ0v) is 15.6. The van der Waals surface area contributed by atoms with E-state index in [1.165, 1.54) is 0 Å². The van der Waals surface area contributed by atoms with Crippen molar-refractivity contribution in [2.75, 3.05) is 6.61 Å². The first kappa shape index (κ1) is 18.2. The van der Waals surface area contributed by atoms with E-state index >= 15 is 0 Å². The summed E-state index contributed by atoms with van der Waals surface area (Å²) in [6.07, 6.45) is 2.79. The van der Waals surface area contributed by atoms with Gasteiger partial charge in [-0.3, -0.25) is 4.79 Å². The smallest absolute Gasteiger partial charge is 0.259 e. The van der Waals surface area contributed by atoms with E-state index in [1.54, 1.807) is 24.3 Å². The third kappa shape index (κ3) is 4.52. The lowest BCUT2D eigenvalue weighted by molar-refractivity contribution is 0.289. The van der Waals surface area contributed by atoms with Crippen molar-refractivity contribution in [3.8, 4) is 5.75 Å². The zero-order valence-electron chi connectivity index (χ0n) is 14.8. The summed E-state index contributed by atoms with van der Waals surface area (Å²) in [5, 5.41) is 0.921. The molecule has 0 atom stereocenters. The van der Waals surface area contributed by atoms with Gasteiger partial charge in [0.05, 0.1) is 22.5 Å². The molecule has 1 N–H and O–H groups in total. The number of aromatic amines is 1. The molecule has 0 unspecified atom stereocenters.